The van der Waals surface area contributed by atoms with Crippen LogP contribution in [-0.2, 0) is 9.47 Å². The van der Waals surface area contributed by atoms with E-state index in [1.54, 1.807) is 12.3 Å². The molecule has 0 bridgehead atoms. The molecule has 118 valence electrons. The SMILES string of the molecule is COC(=O)c1ccc2c3ncc(Br)cc3n(C3CCOC3)c2c1. The highest BCUT2D eigenvalue weighted by atomic mass is 79.9. The summed E-state index contributed by atoms with van der Waals surface area (Å²) in [5.74, 6) is -0.333. The predicted octanol–water partition coefficient (Wildman–Crippen LogP) is 3.70. The molecule has 0 spiro atoms. The maximum absolute atomic E-state index is 11.9. The van der Waals surface area contributed by atoms with Gasteiger partial charge in [0.25, 0.3) is 0 Å². The molecule has 4 rings (SSSR count). The molecule has 3 aromatic rings. The average molecular weight is 375 g/mol. The largest absolute Gasteiger partial charge is 0.465 e. The zero-order valence-electron chi connectivity index (χ0n) is 12.6. The number of rotatable bonds is 2. The van der Waals surface area contributed by atoms with Crippen molar-refractivity contribution < 1.29 is 14.3 Å². The highest BCUT2D eigenvalue weighted by Gasteiger charge is 2.23. The van der Waals surface area contributed by atoms with Gasteiger partial charge in [0.15, 0.2) is 0 Å². The Hall–Kier alpha value is -1.92. The van der Waals surface area contributed by atoms with Crippen LogP contribution in [0.5, 0.6) is 0 Å². The molecule has 1 aliphatic heterocycles. The molecule has 1 fully saturated rings. The predicted molar refractivity (Wildman–Crippen MR) is 90.8 cm³/mol. The van der Waals surface area contributed by atoms with E-state index in [0.29, 0.717) is 12.2 Å². The van der Waals surface area contributed by atoms with Gasteiger partial charge < -0.3 is 14.0 Å². The lowest BCUT2D eigenvalue weighted by Gasteiger charge is -2.14. The van der Waals surface area contributed by atoms with Gasteiger partial charge in [-0.25, -0.2) is 4.79 Å². The second kappa shape index (κ2) is 5.62. The number of nitrogens with zero attached hydrogens (tertiary/aromatic N) is 2. The molecule has 0 saturated carbocycles. The topological polar surface area (TPSA) is 53.3 Å². The Bertz CT molecular complexity index is 913. The lowest BCUT2D eigenvalue weighted by molar-refractivity contribution is 0.0601. The molecule has 1 atom stereocenters. The van der Waals surface area contributed by atoms with Crippen molar-refractivity contribution in [1.29, 1.82) is 0 Å². The van der Waals surface area contributed by atoms with Crippen molar-refractivity contribution >= 4 is 43.8 Å². The molecule has 0 N–H and O–H groups in total. The van der Waals surface area contributed by atoms with Gasteiger partial charge in [0.05, 0.1) is 41.9 Å². The normalized spacial score (nSPS) is 17.9. The third-order valence-electron chi connectivity index (χ3n) is 4.30. The summed E-state index contributed by atoms with van der Waals surface area (Å²) in [6, 6.07) is 7.93. The highest BCUT2D eigenvalue weighted by molar-refractivity contribution is 9.10. The molecule has 3 heterocycles. The molecule has 6 heteroatoms. The van der Waals surface area contributed by atoms with Crippen LogP contribution in [0.25, 0.3) is 21.9 Å². The van der Waals surface area contributed by atoms with Crippen LogP contribution in [0.4, 0.5) is 0 Å². The maximum atomic E-state index is 11.9. The molecule has 23 heavy (non-hydrogen) atoms. The Labute approximate surface area is 141 Å². The van der Waals surface area contributed by atoms with E-state index in [2.05, 4.69) is 31.5 Å². The van der Waals surface area contributed by atoms with Gasteiger partial charge in [-0.1, -0.05) is 0 Å². The number of hydrogen-bond acceptors (Lipinski definition) is 4. The van der Waals surface area contributed by atoms with Crippen LogP contribution in [0, 0.1) is 0 Å². The Morgan fingerprint density at radius 3 is 3.00 bits per heavy atom. The van der Waals surface area contributed by atoms with Crippen molar-refractivity contribution in [2.45, 2.75) is 12.5 Å². The molecule has 0 radical (unpaired) electrons. The van der Waals surface area contributed by atoms with Crippen LogP contribution < -0.4 is 0 Å². The van der Waals surface area contributed by atoms with E-state index in [9.17, 15) is 4.79 Å². The Balaban J connectivity index is 2.05. The summed E-state index contributed by atoms with van der Waals surface area (Å²) >= 11 is 3.50. The number of esters is 1. The van der Waals surface area contributed by atoms with Crippen molar-refractivity contribution in [3.8, 4) is 0 Å². The van der Waals surface area contributed by atoms with Gasteiger partial charge >= 0.3 is 5.97 Å². The minimum Gasteiger partial charge on any atom is -0.465 e. The fourth-order valence-corrected chi connectivity index (χ4v) is 3.56. The number of aromatic nitrogens is 2. The third kappa shape index (κ3) is 2.33. The van der Waals surface area contributed by atoms with Crippen LogP contribution in [0.15, 0.2) is 34.9 Å². The van der Waals surface area contributed by atoms with Crippen LogP contribution in [0.1, 0.15) is 22.8 Å². The summed E-state index contributed by atoms with van der Waals surface area (Å²) in [5.41, 5.74) is 3.52. The second-order valence-electron chi connectivity index (χ2n) is 5.63. The van der Waals surface area contributed by atoms with Crippen molar-refractivity contribution in [2.75, 3.05) is 20.3 Å². The van der Waals surface area contributed by atoms with Crippen LogP contribution in [-0.4, -0.2) is 35.8 Å². The number of ether oxygens (including phenoxy) is 2. The van der Waals surface area contributed by atoms with Gasteiger partial charge in [-0.2, -0.15) is 0 Å². The first-order valence-corrected chi connectivity index (χ1v) is 8.23. The summed E-state index contributed by atoms with van der Waals surface area (Å²) in [5, 5.41) is 1.03. The number of fused-ring (bicyclic) bond motifs is 3. The quantitative estimate of drug-likeness (QED) is 0.641. The standard InChI is InChI=1S/C17H15BrN2O3/c1-22-17(21)10-2-3-13-14(6-10)20(12-4-5-23-9-12)15-7-11(18)8-19-16(13)15/h2-3,6-8,12H,4-5,9H2,1H3. The molecule has 1 saturated heterocycles. The maximum Gasteiger partial charge on any atom is 0.337 e. The molecule has 1 aromatic carbocycles. The van der Waals surface area contributed by atoms with Crippen molar-refractivity contribution in [2.24, 2.45) is 0 Å². The smallest absolute Gasteiger partial charge is 0.337 e. The molecular formula is C17H15BrN2O3. The van der Waals surface area contributed by atoms with E-state index in [-0.39, 0.29) is 12.0 Å². The third-order valence-corrected chi connectivity index (χ3v) is 4.73. The van der Waals surface area contributed by atoms with E-state index in [1.807, 2.05) is 12.1 Å². The lowest BCUT2D eigenvalue weighted by atomic mass is 10.1. The van der Waals surface area contributed by atoms with E-state index in [0.717, 1.165) is 39.4 Å². The van der Waals surface area contributed by atoms with E-state index >= 15 is 0 Å². The molecule has 2 aromatic heterocycles. The number of benzene rings is 1. The van der Waals surface area contributed by atoms with Crippen LogP contribution in [0.2, 0.25) is 0 Å². The summed E-state index contributed by atoms with van der Waals surface area (Å²) in [6.45, 7) is 1.43. The summed E-state index contributed by atoms with van der Waals surface area (Å²) in [6.07, 6.45) is 2.75. The zero-order valence-corrected chi connectivity index (χ0v) is 14.2. The Kier molecular flexibility index (Phi) is 3.58. The first-order valence-electron chi connectivity index (χ1n) is 7.44. The van der Waals surface area contributed by atoms with Crippen molar-refractivity contribution in [3.63, 3.8) is 0 Å². The molecular weight excluding hydrogens is 360 g/mol. The van der Waals surface area contributed by atoms with Gasteiger partial charge in [-0.3, -0.25) is 4.98 Å². The Morgan fingerprint density at radius 1 is 1.39 bits per heavy atom. The van der Waals surface area contributed by atoms with Crippen LogP contribution >= 0.6 is 15.9 Å². The summed E-state index contributed by atoms with van der Waals surface area (Å²) in [4.78, 5) is 16.5. The number of hydrogen-bond donors (Lipinski definition) is 0. The molecule has 5 nitrogen and oxygen atoms in total. The fraction of sp³-hybridized carbons (Fsp3) is 0.294. The number of methoxy groups -OCH3 is 1. The van der Waals surface area contributed by atoms with E-state index in [4.69, 9.17) is 9.47 Å². The van der Waals surface area contributed by atoms with Gasteiger partial charge in [0.2, 0.25) is 0 Å². The van der Waals surface area contributed by atoms with Gasteiger partial charge in [-0.15, -0.1) is 0 Å². The Morgan fingerprint density at radius 2 is 2.26 bits per heavy atom. The minimum absolute atomic E-state index is 0.249. The van der Waals surface area contributed by atoms with Crippen LogP contribution in [0.3, 0.4) is 0 Å². The van der Waals surface area contributed by atoms with E-state index < -0.39 is 0 Å². The molecule has 0 amide bonds. The minimum atomic E-state index is -0.333. The number of carbonyl (C=O) groups is 1. The molecule has 1 aliphatic rings. The second-order valence-corrected chi connectivity index (χ2v) is 6.55. The average Bonchev–Trinajstić information content (AvgIpc) is 3.18. The van der Waals surface area contributed by atoms with Crippen molar-refractivity contribution in [1.82, 2.24) is 9.55 Å². The highest BCUT2D eigenvalue weighted by Crippen LogP contribution is 2.35. The van der Waals surface area contributed by atoms with Gasteiger partial charge in [0.1, 0.15) is 0 Å². The summed E-state index contributed by atoms with van der Waals surface area (Å²) in [7, 11) is 1.39. The number of carbonyl (C=O) groups excluding carboxylic acids is 1. The first-order chi connectivity index (χ1) is 11.2. The lowest BCUT2D eigenvalue weighted by Crippen LogP contribution is -2.09. The monoisotopic (exact) mass is 374 g/mol. The van der Waals surface area contributed by atoms with Gasteiger partial charge in [0, 0.05) is 22.7 Å². The van der Waals surface area contributed by atoms with E-state index in [1.165, 1.54) is 7.11 Å². The zero-order chi connectivity index (χ0) is 16.0. The number of pyridine rings is 1. The first kappa shape index (κ1) is 14.7. The van der Waals surface area contributed by atoms with Gasteiger partial charge in [-0.05, 0) is 46.6 Å². The molecule has 0 aliphatic carbocycles. The van der Waals surface area contributed by atoms with Crippen molar-refractivity contribution in [3.05, 3.63) is 40.5 Å². The fourth-order valence-electron chi connectivity index (χ4n) is 3.24. The number of halogens is 1. The summed E-state index contributed by atoms with van der Waals surface area (Å²) < 4.78 is 13.6. The molecule has 1 unspecified atom stereocenters.